The van der Waals surface area contributed by atoms with Crippen LogP contribution in [0, 0.1) is 0 Å². The molecule has 0 amide bonds. The highest BCUT2D eigenvalue weighted by atomic mass is 16.5. The minimum atomic E-state index is -0.384. The lowest BCUT2D eigenvalue weighted by Gasteiger charge is -2.38. The normalized spacial score (nSPS) is 20.1. The van der Waals surface area contributed by atoms with Crippen LogP contribution in [0.25, 0.3) is 0 Å². The highest BCUT2D eigenvalue weighted by Crippen LogP contribution is 2.53. The zero-order valence-corrected chi connectivity index (χ0v) is 28.3. The monoisotopic (exact) mass is 612 g/mol. The molecule has 0 bridgehead atoms. The fraction of sp³-hybridized carbons (Fsp3) is 0.366. The van der Waals surface area contributed by atoms with Crippen LogP contribution in [0.3, 0.4) is 0 Å². The number of nitrogens with zero attached hydrogens (tertiary/aromatic N) is 2. The van der Waals surface area contributed by atoms with Gasteiger partial charge < -0.3 is 14.2 Å². The molecule has 7 rings (SSSR count). The van der Waals surface area contributed by atoms with E-state index in [1.807, 2.05) is 12.1 Å². The van der Waals surface area contributed by atoms with Gasteiger partial charge >= 0.3 is 0 Å². The van der Waals surface area contributed by atoms with Gasteiger partial charge in [0.2, 0.25) is 11.8 Å². The predicted octanol–water partition coefficient (Wildman–Crippen LogP) is 9.75. The number of hydrogen-bond acceptors (Lipinski definition) is 5. The smallest absolute Gasteiger partial charge is 0.220 e. The van der Waals surface area contributed by atoms with Gasteiger partial charge in [-0.15, -0.1) is 0 Å². The van der Waals surface area contributed by atoms with Crippen molar-refractivity contribution in [2.45, 2.75) is 83.7 Å². The first-order valence-corrected chi connectivity index (χ1v) is 16.4. The van der Waals surface area contributed by atoms with Crippen LogP contribution in [0.4, 0.5) is 0 Å². The summed E-state index contributed by atoms with van der Waals surface area (Å²) in [7, 11) is 0. The molecule has 0 saturated carbocycles. The summed E-state index contributed by atoms with van der Waals surface area (Å²) in [6.45, 7) is 19.1. The first-order valence-electron chi connectivity index (χ1n) is 16.4. The Morgan fingerprint density at radius 1 is 0.587 bits per heavy atom. The first-order chi connectivity index (χ1) is 21.8. The average molecular weight is 613 g/mol. The number of ether oxygens (including phenoxy) is 3. The largest absolute Gasteiger partial charge is 0.475 e. The van der Waals surface area contributed by atoms with Crippen molar-refractivity contribution in [1.29, 1.82) is 0 Å². The van der Waals surface area contributed by atoms with Crippen molar-refractivity contribution >= 4 is 11.8 Å². The van der Waals surface area contributed by atoms with Gasteiger partial charge in [0.1, 0.15) is 36.8 Å². The molecule has 2 atom stereocenters. The minimum Gasteiger partial charge on any atom is -0.475 e. The van der Waals surface area contributed by atoms with E-state index in [4.69, 9.17) is 24.2 Å². The second-order valence-corrected chi connectivity index (χ2v) is 15.4. The van der Waals surface area contributed by atoms with E-state index in [0.717, 1.165) is 44.9 Å². The summed E-state index contributed by atoms with van der Waals surface area (Å²) in [5, 5.41) is 0. The molecule has 0 saturated heterocycles. The van der Waals surface area contributed by atoms with Gasteiger partial charge in [-0.2, -0.15) is 0 Å². The van der Waals surface area contributed by atoms with Crippen molar-refractivity contribution in [3.8, 4) is 11.5 Å². The SMILES string of the molecule is CC(C)(C)c1cc(C2=N[C@@H](c3ccccc3)CO2)c2c(c1)C(C)(C)c1cc(C(C)(C)C)cc(C3=N[C@@H](c4ccccc4)CO3)c1O2. The number of hydrogen-bond donors (Lipinski definition) is 0. The molecule has 5 nitrogen and oxygen atoms in total. The molecule has 236 valence electrons. The molecule has 0 fully saturated rings. The maximum atomic E-state index is 7.10. The van der Waals surface area contributed by atoms with E-state index in [9.17, 15) is 0 Å². The Labute approximate surface area is 273 Å². The van der Waals surface area contributed by atoms with Gasteiger partial charge in [-0.25, -0.2) is 9.98 Å². The topological polar surface area (TPSA) is 52.4 Å². The highest BCUT2D eigenvalue weighted by molar-refractivity contribution is 6.01. The molecule has 0 radical (unpaired) electrons. The maximum Gasteiger partial charge on any atom is 0.220 e. The first kappa shape index (κ1) is 30.3. The van der Waals surface area contributed by atoms with Crippen molar-refractivity contribution in [2.24, 2.45) is 9.98 Å². The Morgan fingerprint density at radius 2 is 0.978 bits per heavy atom. The summed E-state index contributed by atoms with van der Waals surface area (Å²) in [6, 6.07) is 29.7. The summed E-state index contributed by atoms with van der Waals surface area (Å²) in [5.74, 6) is 2.84. The van der Waals surface area contributed by atoms with Crippen molar-refractivity contribution in [3.63, 3.8) is 0 Å². The molecule has 3 heterocycles. The lowest BCUT2D eigenvalue weighted by molar-refractivity contribution is 0.316. The van der Waals surface area contributed by atoms with Crippen LogP contribution in [-0.2, 0) is 25.7 Å². The lowest BCUT2D eigenvalue weighted by Crippen LogP contribution is -2.29. The zero-order valence-electron chi connectivity index (χ0n) is 28.3. The summed E-state index contributed by atoms with van der Waals surface area (Å²) in [4.78, 5) is 10.2. The minimum absolute atomic E-state index is 0.0601. The Morgan fingerprint density at radius 3 is 1.35 bits per heavy atom. The Kier molecular flexibility index (Phi) is 7.15. The van der Waals surface area contributed by atoms with E-state index in [2.05, 4.69) is 128 Å². The molecule has 0 N–H and O–H groups in total. The lowest BCUT2D eigenvalue weighted by atomic mass is 9.70. The summed E-state index contributed by atoms with van der Waals surface area (Å²) in [5.41, 5.74) is 8.21. The van der Waals surface area contributed by atoms with E-state index >= 15 is 0 Å². The van der Waals surface area contributed by atoms with Gasteiger partial charge in [0.15, 0.2) is 0 Å². The zero-order chi connectivity index (χ0) is 32.4. The van der Waals surface area contributed by atoms with Crippen molar-refractivity contribution in [1.82, 2.24) is 0 Å². The molecule has 46 heavy (non-hydrogen) atoms. The standard InChI is InChI=1S/C41H44N2O3/c1-39(2,3)27-19-29(37-42-33(23-44-37)25-15-11-9-12-16-25)35-31(21-27)41(7,8)32-22-28(40(4,5)6)20-30(36(32)46-35)38-43-34(24-45-38)26-17-13-10-14-18-26/h9-22,33-34H,23-24H2,1-8H3/t33-,34-/m1/s1. The third-order valence-electron chi connectivity index (χ3n) is 9.59. The van der Waals surface area contributed by atoms with E-state index < -0.39 is 0 Å². The van der Waals surface area contributed by atoms with E-state index in [-0.39, 0.29) is 28.3 Å². The van der Waals surface area contributed by atoms with Crippen LogP contribution >= 0.6 is 0 Å². The fourth-order valence-electron chi connectivity index (χ4n) is 6.57. The van der Waals surface area contributed by atoms with Gasteiger partial charge in [-0.05, 0) is 45.2 Å². The van der Waals surface area contributed by atoms with Crippen LogP contribution in [-0.4, -0.2) is 25.0 Å². The second-order valence-electron chi connectivity index (χ2n) is 15.4. The average Bonchev–Trinajstić information content (AvgIpc) is 3.71. The highest BCUT2D eigenvalue weighted by Gasteiger charge is 2.42. The molecule has 4 aromatic carbocycles. The van der Waals surface area contributed by atoms with Crippen LogP contribution < -0.4 is 4.74 Å². The molecule has 0 aliphatic carbocycles. The number of fused-ring (bicyclic) bond motifs is 2. The molecule has 3 aliphatic rings. The van der Waals surface area contributed by atoms with Crippen LogP contribution in [0.5, 0.6) is 11.5 Å². The third-order valence-corrected chi connectivity index (χ3v) is 9.59. The predicted molar refractivity (Wildman–Crippen MR) is 186 cm³/mol. The van der Waals surface area contributed by atoms with Crippen molar-refractivity contribution in [3.05, 3.63) is 129 Å². The third kappa shape index (κ3) is 5.30. The second kappa shape index (κ2) is 10.9. The Bertz CT molecular complexity index is 1720. The molecule has 4 aromatic rings. The van der Waals surface area contributed by atoms with Crippen LogP contribution in [0.15, 0.2) is 94.9 Å². The fourth-order valence-corrected chi connectivity index (χ4v) is 6.57. The number of rotatable bonds is 4. The molecule has 5 heteroatoms. The van der Waals surface area contributed by atoms with Gasteiger partial charge in [0.05, 0.1) is 11.1 Å². The number of aliphatic imine (C=N–C) groups is 2. The van der Waals surface area contributed by atoms with E-state index in [1.165, 1.54) is 11.1 Å². The van der Waals surface area contributed by atoms with E-state index in [0.29, 0.717) is 25.0 Å². The van der Waals surface area contributed by atoms with Gasteiger partial charge in [-0.3, -0.25) is 0 Å². The van der Waals surface area contributed by atoms with Crippen molar-refractivity contribution in [2.75, 3.05) is 13.2 Å². The molecular weight excluding hydrogens is 568 g/mol. The van der Waals surface area contributed by atoms with E-state index in [1.54, 1.807) is 0 Å². The molecule has 0 aromatic heterocycles. The molecule has 3 aliphatic heterocycles. The summed E-state index contributed by atoms with van der Waals surface area (Å²) in [6.07, 6.45) is 0. The van der Waals surface area contributed by atoms with Gasteiger partial charge in [-0.1, -0.05) is 128 Å². The Balaban J connectivity index is 1.41. The van der Waals surface area contributed by atoms with Crippen LogP contribution in [0.2, 0.25) is 0 Å². The van der Waals surface area contributed by atoms with Gasteiger partial charge in [0.25, 0.3) is 0 Å². The maximum absolute atomic E-state index is 7.10. The van der Waals surface area contributed by atoms with Crippen molar-refractivity contribution < 1.29 is 14.2 Å². The number of benzene rings is 4. The Hall–Kier alpha value is -4.38. The molecular formula is C41H44N2O3. The molecule has 0 spiro atoms. The van der Waals surface area contributed by atoms with Crippen LogP contribution in [0.1, 0.15) is 112 Å². The quantitative estimate of drug-likeness (QED) is 0.231. The van der Waals surface area contributed by atoms with Gasteiger partial charge in [0, 0.05) is 16.5 Å². The summed E-state index contributed by atoms with van der Waals surface area (Å²) < 4.78 is 19.8. The molecule has 0 unspecified atom stereocenters. The summed E-state index contributed by atoms with van der Waals surface area (Å²) >= 11 is 0.